The van der Waals surface area contributed by atoms with Crippen molar-refractivity contribution in [3.05, 3.63) is 39.4 Å². The molecule has 1 aromatic rings. The maximum absolute atomic E-state index is 12.1. The minimum absolute atomic E-state index is 0.138. The Balaban J connectivity index is 2.04. The molecule has 1 aliphatic rings. The van der Waals surface area contributed by atoms with Crippen molar-refractivity contribution in [2.24, 2.45) is 5.92 Å². The standard InChI is InChI=1S/C14H19N3O3/c1-10-4-5-13(17(19)20)12(7-10)14(18)16-9-11-3-2-6-15-8-11/h4-5,7,11,15H,2-3,6,8-9H2,1H3,(H,16,18). The molecule has 0 radical (unpaired) electrons. The Morgan fingerprint density at radius 1 is 1.55 bits per heavy atom. The van der Waals surface area contributed by atoms with Crippen molar-refractivity contribution in [3.63, 3.8) is 0 Å². The predicted molar refractivity (Wildman–Crippen MR) is 75.8 cm³/mol. The molecule has 0 spiro atoms. The number of nitro groups is 1. The Kier molecular flexibility index (Phi) is 4.68. The van der Waals surface area contributed by atoms with Crippen LogP contribution in [0.1, 0.15) is 28.8 Å². The molecule has 0 bridgehead atoms. The van der Waals surface area contributed by atoms with E-state index in [2.05, 4.69) is 10.6 Å². The van der Waals surface area contributed by atoms with Gasteiger partial charge in [-0.3, -0.25) is 14.9 Å². The van der Waals surface area contributed by atoms with Crippen LogP contribution >= 0.6 is 0 Å². The van der Waals surface area contributed by atoms with E-state index < -0.39 is 4.92 Å². The maximum atomic E-state index is 12.1. The van der Waals surface area contributed by atoms with Gasteiger partial charge in [-0.05, 0) is 50.4 Å². The highest BCUT2D eigenvalue weighted by molar-refractivity contribution is 5.98. The van der Waals surface area contributed by atoms with Gasteiger partial charge < -0.3 is 10.6 Å². The molecule has 0 aromatic heterocycles. The highest BCUT2D eigenvalue weighted by atomic mass is 16.6. The number of piperidine rings is 1. The van der Waals surface area contributed by atoms with Crippen LogP contribution in [0, 0.1) is 23.0 Å². The van der Waals surface area contributed by atoms with Crippen molar-refractivity contribution in [2.45, 2.75) is 19.8 Å². The molecule has 1 aromatic carbocycles. The molecule has 6 heteroatoms. The Morgan fingerprint density at radius 2 is 2.35 bits per heavy atom. The van der Waals surface area contributed by atoms with Crippen LogP contribution in [0.3, 0.4) is 0 Å². The van der Waals surface area contributed by atoms with Gasteiger partial charge in [-0.15, -0.1) is 0 Å². The highest BCUT2D eigenvalue weighted by Crippen LogP contribution is 2.20. The normalized spacial score (nSPS) is 18.6. The average molecular weight is 277 g/mol. The van der Waals surface area contributed by atoms with Gasteiger partial charge in [-0.1, -0.05) is 6.07 Å². The zero-order valence-corrected chi connectivity index (χ0v) is 11.5. The van der Waals surface area contributed by atoms with Gasteiger partial charge in [0.15, 0.2) is 0 Å². The Labute approximate surface area is 117 Å². The average Bonchev–Trinajstić information content (AvgIpc) is 2.45. The molecule has 1 atom stereocenters. The van der Waals surface area contributed by atoms with Crippen LogP contribution in [0.2, 0.25) is 0 Å². The van der Waals surface area contributed by atoms with Crippen molar-refractivity contribution in [3.8, 4) is 0 Å². The summed E-state index contributed by atoms with van der Waals surface area (Å²) in [6.45, 7) is 4.27. The zero-order valence-electron chi connectivity index (χ0n) is 11.5. The molecule has 1 unspecified atom stereocenters. The summed E-state index contributed by atoms with van der Waals surface area (Å²) in [6.07, 6.45) is 2.17. The van der Waals surface area contributed by atoms with Crippen LogP contribution in [0.4, 0.5) is 5.69 Å². The predicted octanol–water partition coefficient (Wildman–Crippen LogP) is 1.63. The van der Waals surface area contributed by atoms with E-state index in [1.54, 1.807) is 12.1 Å². The van der Waals surface area contributed by atoms with Crippen LogP contribution in [0.15, 0.2) is 18.2 Å². The first-order chi connectivity index (χ1) is 9.58. The monoisotopic (exact) mass is 277 g/mol. The summed E-state index contributed by atoms with van der Waals surface area (Å²) in [6, 6.07) is 4.58. The molecule has 1 aliphatic heterocycles. The van der Waals surface area contributed by atoms with Gasteiger partial charge in [0, 0.05) is 12.6 Å². The maximum Gasteiger partial charge on any atom is 0.282 e. The molecular formula is C14H19N3O3. The lowest BCUT2D eigenvalue weighted by Crippen LogP contribution is -2.38. The number of hydrogen-bond donors (Lipinski definition) is 2. The lowest BCUT2D eigenvalue weighted by Gasteiger charge is -2.22. The second-order valence-corrected chi connectivity index (χ2v) is 5.20. The van der Waals surface area contributed by atoms with Crippen LogP contribution in [0.25, 0.3) is 0 Å². The van der Waals surface area contributed by atoms with Crippen LogP contribution in [-0.2, 0) is 0 Å². The van der Waals surface area contributed by atoms with E-state index in [1.165, 1.54) is 6.07 Å². The first-order valence-corrected chi connectivity index (χ1v) is 6.82. The lowest BCUT2D eigenvalue weighted by atomic mass is 9.99. The van der Waals surface area contributed by atoms with Gasteiger partial charge in [0.1, 0.15) is 5.56 Å². The quantitative estimate of drug-likeness (QED) is 0.647. The van der Waals surface area contributed by atoms with Gasteiger partial charge in [-0.2, -0.15) is 0 Å². The van der Waals surface area contributed by atoms with Gasteiger partial charge in [0.2, 0.25) is 0 Å². The number of hydrogen-bond acceptors (Lipinski definition) is 4. The fourth-order valence-electron chi connectivity index (χ4n) is 2.42. The van der Waals surface area contributed by atoms with E-state index in [0.29, 0.717) is 12.5 Å². The molecule has 2 N–H and O–H groups in total. The largest absolute Gasteiger partial charge is 0.351 e. The summed E-state index contributed by atoms with van der Waals surface area (Å²) in [5.74, 6) is 0.0301. The van der Waals surface area contributed by atoms with Crippen LogP contribution < -0.4 is 10.6 Å². The van der Waals surface area contributed by atoms with E-state index in [4.69, 9.17) is 0 Å². The van der Waals surface area contributed by atoms with Gasteiger partial charge in [0.25, 0.3) is 11.6 Å². The molecule has 6 nitrogen and oxygen atoms in total. The number of amides is 1. The second-order valence-electron chi connectivity index (χ2n) is 5.20. The van der Waals surface area contributed by atoms with E-state index in [9.17, 15) is 14.9 Å². The molecule has 108 valence electrons. The summed E-state index contributed by atoms with van der Waals surface area (Å²) in [7, 11) is 0. The van der Waals surface area contributed by atoms with Crippen molar-refractivity contribution in [1.29, 1.82) is 0 Å². The third-order valence-corrected chi connectivity index (χ3v) is 3.54. The number of nitro benzene ring substituents is 1. The topological polar surface area (TPSA) is 84.3 Å². The summed E-state index contributed by atoms with van der Waals surface area (Å²) in [5, 5.41) is 17.0. The smallest absolute Gasteiger partial charge is 0.282 e. The van der Waals surface area contributed by atoms with Crippen LogP contribution in [0.5, 0.6) is 0 Å². The third kappa shape index (κ3) is 3.54. The minimum Gasteiger partial charge on any atom is -0.351 e. The molecule has 1 amide bonds. The fourth-order valence-corrected chi connectivity index (χ4v) is 2.42. The number of nitrogens with zero attached hydrogens (tertiary/aromatic N) is 1. The summed E-state index contributed by atoms with van der Waals surface area (Å²) >= 11 is 0. The fraction of sp³-hybridized carbons (Fsp3) is 0.500. The third-order valence-electron chi connectivity index (χ3n) is 3.54. The van der Waals surface area contributed by atoms with E-state index >= 15 is 0 Å². The van der Waals surface area contributed by atoms with Crippen molar-refractivity contribution < 1.29 is 9.72 Å². The molecule has 20 heavy (non-hydrogen) atoms. The number of nitrogens with one attached hydrogen (secondary N) is 2. The number of rotatable bonds is 4. The highest BCUT2D eigenvalue weighted by Gasteiger charge is 2.21. The molecule has 1 fully saturated rings. The number of benzene rings is 1. The molecule has 1 heterocycles. The first-order valence-electron chi connectivity index (χ1n) is 6.82. The van der Waals surface area contributed by atoms with Gasteiger partial charge >= 0.3 is 0 Å². The van der Waals surface area contributed by atoms with Crippen LogP contribution in [-0.4, -0.2) is 30.5 Å². The van der Waals surface area contributed by atoms with Crippen molar-refractivity contribution in [1.82, 2.24) is 10.6 Å². The summed E-state index contributed by atoms with van der Waals surface area (Å²) in [4.78, 5) is 22.6. The number of carbonyl (C=O) groups excluding carboxylic acids is 1. The zero-order chi connectivity index (χ0) is 14.5. The summed E-state index contributed by atoms with van der Waals surface area (Å²) in [5.41, 5.74) is 0.828. The van der Waals surface area contributed by atoms with E-state index in [0.717, 1.165) is 31.5 Å². The number of aryl methyl sites for hydroxylation is 1. The molecule has 2 rings (SSSR count). The Hall–Kier alpha value is -1.95. The molecule has 1 saturated heterocycles. The van der Waals surface area contributed by atoms with Crippen molar-refractivity contribution >= 4 is 11.6 Å². The first kappa shape index (κ1) is 14.5. The second kappa shape index (κ2) is 6.47. The molecular weight excluding hydrogens is 258 g/mol. The van der Waals surface area contributed by atoms with Gasteiger partial charge in [0.05, 0.1) is 4.92 Å². The number of carbonyl (C=O) groups is 1. The van der Waals surface area contributed by atoms with E-state index in [-0.39, 0.29) is 17.2 Å². The Morgan fingerprint density at radius 3 is 3.00 bits per heavy atom. The summed E-state index contributed by atoms with van der Waals surface area (Å²) < 4.78 is 0. The van der Waals surface area contributed by atoms with Crippen molar-refractivity contribution in [2.75, 3.05) is 19.6 Å². The SMILES string of the molecule is Cc1ccc([N+](=O)[O-])c(C(=O)NCC2CCCNC2)c1. The van der Waals surface area contributed by atoms with E-state index in [1.807, 2.05) is 6.92 Å². The molecule has 0 saturated carbocycles. The Bertz CT molecular complexity index is 510. The lowest BCUT2D eigenvalue weighted by molar-refractivity contribution is -0.385. The molecule has 0 aliphatic carbocycles. The minimum atomic E-state index is -0.517. The van der Waals surface area contributed by atoms with Gasteiger partial charge in [-0.25, -0.2) is 0 Å².